The normalized spacial score (nSPS) is 15.3. The second-order valence-corrected chi connectivity index (χ2v) is 4.71. The summed E-state index contributed by atoms with van der Waals surface area (Å²) in [5.41, 5.74) is 8.57. The summed E-state index contributed by atoms with van der Waals surface area (Å²) in [5, 5.41) is 7.33. The predicted octanol–water partition coefficient (Wildman–Crippen LogP) is 3.43. The van der Waals surface area contributed by atoms with E-state index in [1.54, 1.807) is 0 Å². The minimum absolute atomic E-state index is 0.110. The lowest BCUT2D eigenvalue weighted by molar-refractivity contribution is 1.03. The second-order valence-electron chi connectivity index (χ2n) is 3.75. The fourth-order valence-electron chi connectivity index (χ4n) is 1.72. The summed E-state index contributed by atoms with van der Waals surface area (Å²) in [5.74, 6) is 0.110. The number of allylic oxidation sites excluding steroid dienone is 4. The zero-order valence-corrected chi connectivity index (χ0v) is 10.4. The van der Waals surface area contributed by atoms with Gasteiger partial charge in [0.05, 0.1) is 0 Å². The smallest absolute Gasteiger partial charge is 0.122 e. The van der Waals surface area contributed by atoms with Crippen molar-refractivity contribution in [1.29, 1.82) is 5.41 Å². The van der Waals surface area contributed by atoms with E-state index >= 15 is 0 Å². The Hall–Kier alpha value is -1.35. The number of nitrogen functional groups attached to an aromatic ring is 1. The zero-order chi connectivity index (χ0) is 11.5. The van der Waals surface area contributed by atoms with Gasteiger partial charge in [-0.25, -0.2) is 0 Å². The largest absolute Gasteiger partial charge is 0.384 e. The van der Waals surface area contributed by atoms with E-state index < -0.39 is 0 Å². The third-order valence-corrected chi connectivity index (χ3v) is 3.44. The maximum Gasteiger partial charge on any atom is 0.122 e. The van der Waals surface area contributed by atoms with Gasteiger partial charge >= 0.3 is 0 Å². The lowest BCUT2D eigenvalue weighted by atomic mass is 9.98. The third kappa shape index (κ3) is 2.25. The molecule has 0 saturated heterocycles. The van der Waals surface area contributed by atoms with Crippen molar-refractivity contribution in [3.63, 3.8) is 0 Å². The molecule has 0 saturated carbocycles. The zero-order valence-electron chi connectivity index (χ0n) is 8.83. The molecule has 0 heterocycles. The Kier molecular flexibility index (Phi) is 3.25. The Bertz CT molecular complexity index is 469. The van der Waals surface area contributed by atoms with Crippen molar-refractivity contribution in [2.24, 2.45) is 5.73 Å². The van der Waals surface area contributed by atoms with Gasteiger partial charge in [-0.1, -0.05) is 52.3 Å². The van der Waals surface area contributed by atoms with Crippen molar-refractivity contribution in [2.75, 3.05) is 0 Å². The molecule has 16 heavy (non-hydrogen) atoms. The van der Waals surface area contributed by atoms with Crippen molar-refractivity contribution in [2.45, 2.75) is 12.8 Å². The van der Waals surface area contributed by atoms with E-state index in [0.717, 1.165) is 24.0 Å². The van der Waals surface area contributed by atoms with Gasteiger partial charge in [-0.15, -0.1) is 0 Å². The van der Waals surface area contributed by atoms with E-state index in [4.69, 9.17) is 11.1 Å². The Labute approximate surface area is 103 Å². The molecule has 0 aliphatic heterocycles. The van der Waals surface area contributed by atoms with Gasteiger partial charge in [-0.3, -0.25) is 5.41 Å². The Balaban J connectivity index is 2.35. The standard InChI is InChI=1S/C13H13BrN2/c14-12-4-2-1-3-11(12)9-5-7-10(8-6-9)13(15)16/h1,3,5-8H,2,4H2,(H3,15,16). The summed E-state index contributed by atoms with van der Waals surface area (Å²) in [7, 11) is 0. The highest BCUT2D eigenvalue weighted by atomic mass is 79.9. The van der Waals surface area contributed by atoms with E-state index in [0.29, 0.717) is 0 Å². The number of nitrogens with two attached hydrogens (primary N) is 1. The maximum atomic E-state index is 7.33. The Morgan fingerprint density at radius 3 is 2.50 bits per heavy atom. The topological polar surface area (TPSA) is 49.9 Å². The summed E-state index contributed by atoms with van der Waals surface area (Å²) in [6.07, 6.45) is 6.46. The van der Waals surface area contributed by atoms with Crippen LogP contribution in [0.3, 0.4) is 0 Å². The van der Waals surface area contributed by atoms with Crippen LogP contribution in [0, 0.1) is 5.41 Å². The van der Waals surface area contributed by atoms with E-state index in [1.807, 2.05) is 24.3 Å². The van der Waals surface area contributed by atoms with Gasteiger partial charge in [0.2, 0.25) is 0 Å². The molecule has 2 nitrogen and oxygen atoms in total. The first kappa shape index (κ1) is 11.1. The number of hydrogen-bond donors (Lipinski definition) is 2. The van der Waals surface area contributed by atoms with Gasteiger partial charge < -0.3 is 5.73 Å². The average Bonchev–Trinajstić information content (AvgIpc) is 2.30. The fraction of sp³-hybridized carbons (Fsp3) is 0.154. The summed E-state index contributed by atoms with van der Waals surface area (Å²) < 4.78 is 1.24. The van der Waals surface area contributed by atoms with Gasteiger partial charge in [-0.05, 0) is 24.0 Å². The predicted molar refractivity (Wildman–Crippen MR) is 71.7 cm³/mol. The van der Waals surface area contributed by atoms with Crippen LogP contribution < -0.4 is 5.73 Å². The molecule has 1 aliphatic rings. The summed E-state index contributed by atoms with van der Waals surface area (Å²) in [6, 6.07) is 7.77. The highest BCUT2D eigenvalue weighted by Gasteiger charge is 2.08. The van der Waals surface area contributed by atoms with Crippen molar-refractivity contribution >= 4 is 27.3 Å². The fourth-order valence-corrected chi connectivity index (χ4v) is 2.31. The minimum atomic E-state index is 0.110. The number of hydrogen-bond acceptors (Lipinski definition) is 1. The number of amidine groups is 1. The van der Waals surface area contributed by atoms with Gasteiger partial charge in [-0.2, -0.15) is 0 Å². The molecule has 0 unspecified atom stereocenters. The monoisotopic (exact) mass is 276 g/mol. The van der Waals surface area contributed by atoms with Crippen molar-refractivity contribution in [1.82, 2.24) is 0 Å². The highest BCUT2D eigenvalue weighted by molar-refractivity contribution is 9.11. The van der Waals surface area contributed by atoms with Crippen LogP contribution in [0.1, 0.15) is 24.0 Å². The molecular formula is C13H13BrN2. The molecule has 0 aromatic heterocycles. The number of nitrogens with one attached hydrogen (secondary N) is 1. The molecule has 0 fully saturated rings. The lowest BCUT2D eigenvalue weighted by Gasteiger charge is -2.11. The van der Waals surface area contributed by atoms with Crippen LogP contribution in [-0.4, -0.2) is 5.84 Å². The van der Waals surface area contributed by atoms with E-state index in [1.165, 1.54) is 10.1 Å². The van der Waals surface area contributed by atoms with Crippen LogP contribution in [0.15, 0.2) is 40.9 Å². The summed E-state index contributed by atoms with van der Waals surface area (Å²) in [4.78, 5) is 0. The van der Waals surface area contributed by atoms with E-state index in [9.17, 15) is 0 Å². The van der Waals surface area contributed by atoms with Crippen LogP contribution in [0.5, 0.6) is 0 Å². The number of rotatable bonds is 2. The average molecular weight is 277 g/mol. The minimum Gasteiger partial charge on any atom is -0.384 e. The molecule has 1 aliphatic carbocycles. The van der Waals surface area contributed by atoms with E-state index in [-0.39, 0.29) is 5.84 Å². The molecule has 0 bridgehead atoms. The number of benzene rings is 1. The number of halogens is 1. The Morgan fingerprint density at radius 1 is 1.25 bits per heavy atom. The highest BCUT2D eigenvalue weighted by Crippen LogP contribution is 2.31. The molecule has 1 aromatic rings. The van der Waals surface area contributed by atoms with Crippen LogP contribution in [0.2, 0.25) is 0 Å². The lowest BCUT2D eigenvalue weighted by Crippen LogP contribution is -2.10. The van der Waals surface area contributed by atoms with Gasteiger partial charge in [0.1, 0.15) is 5.84 Å². The molecule has 0 atom stereocenters. The van der Waals surface area contributed by atoms with Gasteiger partial charge in [0.25, 0.3) is 0 Å². The summed E-state index contributed by atoms with van der Waals surface area (Å²) >= 11 is 3.60. The molecular weight excluding hydrogens is 264 g/mol. The first-order valence-electron chi connectivity index (χ1n) is 5.18. The molecule has 0 spiro atoms. The van der Waals surface area contributed by atoms with Gasteiger partial charge in [0.15, 0.2) is 0 Å². The molecule has 3 N–H and O–H groups in total. The van der Waals surface area contributed by atoms with E-state index in [2.05, 4.69) is 28.1 Å². The molecule has 0 amide bonds. The summed E-state index contributed by atoms with van der Waals surface area (Å²) in [6.45, 7) is 0. The first-order chi connectivity index (χ1) is 7.68. The quantitative estimate of drug-likeness (QED) is 0.631. The molecule has 82 valence electrons. The second kappa shape index (κ2) is 4.66. The van der Waals surface area contributed by atoms with Crippen LogP contribution in [0.4, 0.5) is 0 Å². The van der Waals surface area contributed by atoms with Crippen LogP contribution >= 0.6 is 15.9 Å². The first-order valence-corrected chi connectivity index (χ1v) is 5.98. The van der Waals surface area contributed by atoms with Crippen LogP contribution in [-0.2, 0) is 0 Å². The van der Waals surface area contributed by atoms with Crippen molar-refractivity contribution in [3.05, 3.63) is 52.0 Å². The SMILES string of the molecule is N=C(N)c1ccc(C2=C(Br)CCC=C2)cc1. The third-order valence-electron chi connectivity index (χ3n) is 2.61. The molecule has 2 rings (SSSR count). The molecule has 0 radical (unpaired) electrons. The Morgan fingerprint density at radius 2 is 1.94 bits per heavy atom. The van der Waals surface area contributed by atoms with Crippen molar-refractivity contribution in [3.8, 4) is 0 Å². The van der Waals surface area contributed by atoms with Gasteiger partial charge in [0, 0.05) is 10.0 Å². The van der Waals surface area contributed by atoms with Crippen LogP contribution in [0.25, 0.3) is 5.57 Å². The molecule has 1 aromatic carbocycles. The molecule has 3 heteroatoms. The maximum absolute atomic E-state index is 7.33. The van der Waals surface area contributed by atoms with Crippen molar-refractivity contribution < 1.29 is 0 Å².